The highest BCUT2D eigenvalue weighted by molar-refractivity contribution is 7.16. The molecular weight excluding hydrogens is 327 g/mol. The van der Waals surface area contributed by atoms with E-state index in [0.717, 1.165) is 25.9 Å². The quantitative estimate of drug-likeness (QED) is 0.928. The lowest BCUT2D eigenvalue weighted by atomic mass is 9.79. The highest BCUT2D eigenvalue weighted by Gasteiger charge is 2.40. The van der Waals surface area contributed by atoms with Crippen molar-refractivity contribution in [2.24, 2.45) is 5.92 Å². The number of pyridine rings is 1. The normalized spacial score (nSPS) is 28.8. The summed E-state index contributed by atoms with van der Waals surface area (Å²) in [6.45, 7) is 4.42. The first-order chi connectivity index (χ1) is 11.6. The minimum Gasteiger partial charge on any atom is -0.345 e. The third-order valence-electron chi connectivity index (χ3n) is 5.21. The number of thiazole rings is 1. The van der Waals surface area contributed by atoms with Gasteiger partial charge in [0.2, 0.25) is 0 Å². The minimum absolute atomic E-state index is 0.166. The maximum absolute atomic E-state index is 13.8. The average Bonchev–Trinajstić information content (AvgIpc) is 3.09. The Labute approximate surface area is 143 Å². The molecule has 3 saturated heterocycles. The molecule has 2 atom stereocenters. The van der Waals surface area contributed by atoms with Crippen LogP contribution in [0.2, 0.25) is 0 Å². The molecule has 0 spiro atoms. The zero-order valence-corrected chi connectivity index (χ0v) is 14.2. The summed E-state index contributed by atoms with van der Waals surface area (Å²) in [6, 6.07) is 1.84. The van der Waals surface area contributed by atoms with Crippen LogP contribution >= 0.6 is 11.3 Å². The van der Waals surface area contributed by atoms with E-state index in [1.54, 1.807) is 6.20 Å². The van der Waals surface area contributed by atoms with Crippen LogP contribution < -0.4 is 5.32 Å². The van der Waals surface area contributed by atoms with Crippen LogP contribution in [-0.4, -0.2) is 45.9 Å². The second-order valence-corrected chi connectivity index (χ2v) is 7.53. The van der Waals surface area contributed by atoms with Gasteiger partial charge >= 0.3 is 0 Å². The second kappa shape index (κ2) is 6.22. The van der Waals surface area contributed by atoms with E-state index < -0.39 is 0 Å². The Morgan fingerprint density at radius 2 is 2.17 bits per heavy atom. The van der Waals surface area contributed by atoms with Crippen LogP contribution in [-0.2, 0) is 0 Å². The van der Waals surface area contributed by atoms with E-state index in [-0.39, 0.29) is 17.8 Å². The number of aromatic nitrogens is 2. The van der Waals surface area contributed by atoms with Gasteiger partial charge in [0.15, 0.2) is 5.01 Å². The molecule has 0 aliphatic carbocycles. The number of carbonyl (C=O) groups is 1. The van der Waals surface area contributed by atoms with Crippen LogP contribution in [0.4, 0.5) is 4.39 Å². The lowest BCUT2D eigenvalue weighted by molar-refractivity contribution is 0.0217. The van der Waals surface area contributed by atoms with Crippen molar-refractivity contribution in [3.05, 3.63) is 35.5 Å². The van der Waals surface area contributed by atoms with Crippen molar-refractivity contribution >= 4 is 17.2 Å². The number of fused-ring (bicyclic) bond motifs is 3. The third kappa shape index (κ3) is 2.71. The zero-order chi connectivity index (χ0) is 16.7. The number of piperidine rings is 3. The number of halogens is 1. The van der Waals surface area contributed by atoms with Gasteiger partial charge in [-0.15, -0.1) is 11.3 Å². The van der Waals surface area contributed by atoms with Crippen molar-refractivity contribution in [1.29, 1.82) is 0 Å². The molecule has 5 heterocycles. The van der Waals surface area contributed by atoms with Gasteiger partial charge in [0, 0.05) is 36.2 Å². The molecular formula is C17H19FN4OS. The predicted octanol–water partition coefficient (Wildman–Crippen LogP) is 2.56. The molecule has 7 heteroatoms. The van der Waals surface area contributed by atoms with Gasteiger partial charge in [-0.05, 0) is 44.8 Å². The van der Waals surface area contributed by atoms with Crippen molar-refractivity contribution < 1.29 is 9.18 Å². The molecule has 3 fully saturated rings. The van der Waals surface area contributed by atoms with Crippen LogP contribution in [0.1, 0.15) is 29.6 Å². The number of hydrogen-bond donors (Lipinski definition) is 1. The Morgan fingerprint density at radius 3 is 2.88 bits per heavy atom. The first kappa shape index (κ1) is 15.7. The summed E-state index contributed by atoms with van der Waals surface area (Å²) in [5.74, 6) is 0.0249. The topological polar surface area (TPSA) is 58.1 Å². The van der Waals surface area contributed by atoms with E-state index in [1.165, 1.54) is 29.8 Å². The summed E-state index contributed by atoms with van der Waals surface area (Å²) >= 11 is 1.20. The lowest BCUT2D eigenvalue weighted by Gasteiger charge is -2.49. The Balaban J connectivity index is 1.51. The van der Waals surface area contributed by atoms with Crippen LogP contribution in [0.15, 0.2) is 24.7 Å². The smallest absolute Gasteiger partial charge is 0.280 e. The van der Waals surface area contributed by atoms with Gasteiger partial charge in [-0.2, -0.15) is 0 Å². The average molecular weight is 346 g/mol. The number of nitrogens with one attached hydrogen (secondary N) is 1. The predicted molar refractivity (Wildman–Crippen MR) is 90.3 cm³/mol. The van der Waals surface area contributed by atoms with Crippen LogP contribution in [0.5, 0.6) is 0 Å². The molecule has 0 aromatic carbocycles. The number of amides is 1. The fourth-order valence-electron chi connectivity index (χ4n) is 3.82. The molecule has 24 heavy (non-hydrogen) atoms. The van der Waals surface area contributed by atoms with Gasteiger partial charge in [0.1, 0.15) is 5.82 Å². The number of carbonyl (C=O) groups excluding carboxylic acids is 1. The van der Waals surface area contributed by atoms with Gasteiger partial charge in [0.05, 0.1) is 4.88 Å². The molecule has 1 N–H and O–H groups in total. The maximum atomic E-state index is 13.8. The van der Waals surface area contributed by atoms with E-state index in [2.05, 4.69) is 27.1 Å². The summed E-state index contributed by atoms with van der Waals surface area (Å²) in [7, 11) is 0. The molecule has 2 bridgehead atoms. The molecule has 0 saturated carbocycles. The molecule has 5 rings (SSSR count). The highest BCUT2D eigenvalue weighted by atomic mass is 32.1. The Bertz CT molecular complexity index is 755. The van der Waals surface area contributed by atoms with E-state index in [1.807, 2.05) is 0 Å². The fraction of sp³-hybridized carbons (Fsp3) is 0.471. The molecule has 3 aliphatic rings. The van der Waals surface area contributed by atoms with Crippen molar-refractivity contribution in [1.82, 2.24) is 20.2 Å². The molecule has 2 aromatic rings. The first-order valence-corrected chi connectivity index (χ1v) is 9.06. The fourth-order valence-corrected chi connectivity index (χ4v) is 4.65. The van der Waals surface area contributed by atoms with Crippen molar-refractivity contribution in [3.63, 3.8) is 0 Å². The molecule has 1 amide bonds. The van der Waals surface area contributed by atoms with E-state index in [0.29, 0.717) is 27.4 Å². The summed E-state index contributed by atoms with van der Waals surface area (Å²) < 4.78 is 13.8. The Hall–Kier alpha value is -1.86. The Morgan fingerprint density at radius 1 is 1.38 bits per heavy atom. The van der Waals surface area contributed by atoms with Gasteiger partial charge in [0.25, 0.3) is 5.91 Å². The number of hydrogen-bond acceptors (Lipinski definition) is 5. The van der Waals surface area contributed by atoms with E-state index >= 15 is 0 Å². The van der Waals surface area contributed by atoms with Crippen molar-refractivity contribution in [3.8, 4) is 10.4 Å². The standard InChI is InChI=1S/C17H19FN4OS/c1-10-15(11-3-6-22(10)7-4-11)21-16(23)17-20-9-14(24-17)12-8-19-5-2-13(12)18/h2,5,8-11,15H,3-4,6-7H2,1H3,(H,21,23). The summed E-state index contributed by atoms with van der Waals surface area (Å²) in [5, 5.41) is 3.53. The Kier molecular flexibility index (Phi) is 4.05. The summed E-state index contributed by atoms with van der Waals surface area (Å²) in [4.78, 5) is 23.7. The first-order valence-electron chi connectivity index (χ1n) is 8.24. The SMILES string of the molecule is CC1C(NC(=O)c2ncc(-c3cnccc3F)s2)C2CCN1CC2. The van der Waals surface area contributed by atoms with Gasteiger partial charge in [-0.1, -0.05) is 0 Å². The maximum Gasteiger partial charge on any atom is 0.280 e. The largest absolute Gasteiger partial charge is 0.345 e. The van der Waals surface area contributed by atoms with E-state index in [4.69, 9.17) is 0 Å². The molecule has 5 nitrogen and oxygen atoms in total. The van der Waals surface area contributed by atoms with E-state index in [9.17, 15) is 9.18 Å². The van der Waals surface area contributed by atoms with Crippen LogP contribution in [0.25, 0.3) is 10.4 Å². The van der Waals surface area contributed by atoms with Crippen LogP contribution in [0.3, 0.4) is 0 Å². The molecule has 2 aromatic heterocycles. The molecule has 3 aliphatic heterocycles. The summed E-state index contributed by atoms with van der Waals surface area (Å²) in [6.07, 6.45) is 6.68. The molecule has 126 valence electrons. The number of rotatable bonds is 3. The highest BCUT2D eigenvalue weighted by Crippen LogP contribution is 2.33. The second-order valence-electron chi connectivity index (χ2n) is 6.50. The lowest BCUT2D eigenvalue weighted by Crippen LogP contribution is -2.62. The summed E-state index contributed by atoms with van der Waals surface area (Å²) in [5.41, 5.74) is 0.380. The monoisotopic (exact) mass is 346 g/mol. The van der Waals surface area contributed by atoms with Gasteiger partial charge < -0.3 is 5.32 Å². The minimum atomic E-state index is -0.355. The molecule has 0 radical (unpaired) electrons. The third-order valence-corrected chi connectivity index (χ3v) is 6.24. The zero-order valence-electron chi connectivity index (χ0n) is 13.4. The van der Waals surface area contributed by atoms with Crippen molar-refractivity contribution in [2.75, 3.05) is 13.1 Å². The van der Waals surface area contributed by atoms with Crippen molar-refractivity contribution in [2.45, 2.75) is 31.8 Å². The van der Waals surface area contributed by atoms with Gasteiger partial charge in [-0.25, -0.2) is 9.37 Å². The van der Waals surface area contributed by atoms with Crippen LogP contribution in [0, 0.1) is 11.7 Å². The van der Waals surface area contributed by atoms with Gasteiger partial charge in [-0.3, -0.25) is 14.7 Å². The number of nitrogens with zero attached hydrogens (tertiary/aromatic N) is 3. The molecule has 2 unspecified atom stereocenters.